The monoisotopic (exact) mass is 458 g/mol. The standard InChI is InChI=1S/C27H30N4O3/c32-26-20-31(18-21-8-3-1-4-9-21)19-24-23(27(33)30-22-12-15-28-16-13-22)10-7-11-25(24)34-17-6-2-5-14-29-26/h1,3-4,7-13,15-16H,2,5-6,14,17-20H2,(H,29,32)(H,28,30,33). The second-order valence-electron chi connectivity index (χ2n) is 8.36. The van der Waals surface area contributed by atoms with Crippen LogP contribution in [-0.4, -0.2) is 41.4 Å². The lowest BCUT2D eigenvalue weighted by atomic mass is 10.0. The maximum Gasteiger partial charge on any atom is 0.256 e. The predicted octanol–water partition coefficient (Wildman–Crippen LogP) is 4.02. The van der Waals surface area contributed by atoms with Gasteiger partial charge in [-0.25, -0.2) is 0 Å². The number of pyridine rings is 1. The van der Waals surface area contributed by atoms with E-state index < -0.39 is 0 Å². The van der Waals surface area contributed by atoms with E-state index in [9.17, 15) is 9.59 Å². The summed E-state index contributed by atoms with van der Waals surface area (Å²) in [6.45, 7) is 2.43. The first-order chi connectivity index (χ1) is 16.7. The van der Waals surface area contributed by atoms with E-state index in [-0.39, 0.29) is 18.4 Å². The van der Waals surface area contributed by atoms with Gasteiger partial charge in [0.1, 0.15) is 5.75 Å². The van der Waals surface area contributed by atoms with E-state index in [4.69, 9.17) is 4.74 Å². The molecule has 0 bridgehead atoms. The Morgan fingerprint density at radius 3 is 2.62 bits per heavy atom. The molecular weight excluding hydrogens is 428 g/mol. The van der Waals surface area contributed by atoms with Gasteiger partial charge in [0.15, 0.2) is 0 Å². The van der Waals surface area contributed by atoms with Crippen LogP contribution in [0.25, 0.3) is 0 Å². The normalized spacial score (nSPS) is 15.5. The minimum atomic E-state index is -0.222. The molecule has 2 aromatic carbocycles. The molecule has 0 aliphatic carbocycles. The molecule has 0 spiro atoms. The molecule has 2 amide bonds. The molecule has 7 nitrogen and oxygen atoms in total. The summed E-state index contributed by atoms with van der Waals surface area (Å²) in [5.74, 6) is 0.441. The van der Waals surface area contributed by atoms with Gasteiger partial charge in [-0.3, -0.25) is 19.5 Å². The number of anilines is 1. The molecule has 3 aromatic rings. The van der Waals surface area contributed by atoms with Gasteiger partial charge in [-0.1, -0.05) is 36.4 Å². The average molecular weight is 459 g/mol. The summed E-state index contributed by atoms with van der Waals surface area (Å²) in [6, 6.07) is 19.1. The van der Waals surface area contributed by atoms with Crippen LogP contribution in [0.5, 0.6) is 5.75 Å². The highest BCUT2D eigenvalue weighted by Gasteiger charge is 2.21. The van der Waals surface area contributed by atoms with Crippen LogP contribution in [0.2, 0.25) is 0 Å². The Balaban J connectivity index is 1.66. The number of aromatic nitrogens is 1. The fraction of sp³-hybridized carbons (Fsp3) is 0.296. The Hall–Kier alpha value is -3.71. The molecule has 0 saturated heterocycles. The van der Waals surface area contributed by atoms with E-state index in [0.717, 1.165) is 30.4 Å². The first-order valence-electron chi connectivity index (χ1n) is 11.7. The van der Waals surface area contributed by atoms with Gasteiger partial charge >= 0.3 is 0 Å². The molecule has 1 aliphatic rings. The Morgan fingerprint density at radius 2 is 1.79 bits per heavy atom. The van der Waals surface area contributed by atoms with E-state index >= 15 is 0 Å². The molecule has 7 heteroatoms. The Labute approximate surface area is 200 Å². The molecule has 34 heavy (non-hydrogen) atoms. The number of amides is 2. The van der Waals surface area contributed by atoms with Crippen LogP contribution in [0.15, 0.2) is 73.1 Å². The van der Waals surface area contributed by atoms with Crippen molar-refractivity contribution in [3.63, 3.8) is 0 Å². The van der Waals surface area contributed by atoms with E-state index in [1.807, 2.05) is 47.4 Å². The largest absolute Gasteiger partial charge is 0.493 e. The van der Waals surface area contributed by atoms with Crippen molar-refractivity contribution in [3.05, 3.63) is 89.7 Å². The zero-order valence-corrected chi connectivity index (χ0v) is 19.2. The number of ether oxygens (including phenoxy) is 1. The van der Waals surface area contributed by atoms with Crippen LogP contribution in [0.4, 0.5) is 5.69 Å². The third kappa shape index (κ3) is 6.65. The van der Waals surface area contributed by atoms with Crippen molar-refractivity contribution in [1.82, 2.24) is 15.2 Å². The van der Waals surface area contributed by atoms with Gasteiger partial charge in [0, 0.05) is 48.8 Å². The van der Waals surface area contributed by atoms with Crippen LogP contribution < -0.4 is 15.4 Å². The molecule has 2 N–H and O–H groups in total. The van der Waals surface area contributed by atoms with Crippen LogP contribution in [-0.2, 0) is 17.9 Å². The summed E-state index contributed by atoms with van der Waals surface area (Å²) in [4.78, 5) is 32.0. The number of hydrogen-bond donors (Lipinski definition) is 2. The maximum absolute atomic E-state index is 13.3. The predicted molar refractivity (Wildman–Crippen MR) is 132 cm³/mol. The van der Waals surface area contributed by atoms with E-state index in [2.05, 4.69) is 15.6 Å². The van der Waals surface area contributed by atoms with Crippen molar-refractivity contribution in [2.75, 3.05) is 25.0 Å². The first-order valence-corrected chi connectivity index (χ1v) is 11.7. The third-order valence-corrected chi connectivity index (χ3v) is 5.71. The second kappa shape index (κ2) is 12.0. The molecule has 0 radical (unpaired) electrons. The molecule has 176 valence electrons. The minimum absolute atomic E-state index is 0.0173. The van der Waals surface area contributed by atoms with Crippen LogP contribution in [0, 0.1) is 0 Å². The zero-order valence-electron chi connectivity index (χ0n) is 19.2. The molecule has 2 heterocycles. The summed E-state index contributed by atoms with van der Waals surface area (Å²) >= 11 is 0. The van der Waals surface area contributed by atoms with Gasteiger partial charge in [-0.15, -0.1) is 0 Å². The summed E-state index contributed by atoms with van der Waals surface area (Å²) < 4.78 is 6.15. The van der Waals surface area contributed by atoms with Crippen molar-refractivity contribution in [1.29, 1.82) is 0 Å². The number of fused-ring (bicyclic) bond motifs is 1. The molecule has 0 fully saturated rings. The highest BCUT2D eigenvalue weighted by Crippen LogP contribution is 2.27. The van der Waals surface area contributed by atoms with Gasteiger partial charge in [0.25, 0.3) is 5.91 Å². The molecule has 4 rings (SSSR count). The summed E-state index contributed by atoms with van der Waals surface area (Å²) in [7, 11) is 0. The van der Waals surface area contributed by atoms with Gasteiger partial charge in [0.2, 0.25) is 5.91 Å². The lowest BCUT2D eigenvalue weighted by Crippen LogP contribution is -2.37. The first kappa shape index (κ1) is 23.4. The van der Waals surface area contributed by atoms with Crippen molar-refractivity contribution in [2.24, 2.45) is 0 Å². The molecule has 0 saturated carbocycles. The molecule has 1 aromatic heterocycles. The Morgan fingerprint density at radius 1 is 0.971 bits per heavy atom. The number of carbonyl (C=O) groups excluding carboxylic acids is 2. The van der Waals surface area contributed by atoms with E-state index in [1.54, 1.807) is 30.6 Å². The second-order valence-corrected chi connectivity index (χ2v) is 8.36. The lowest BCUT2D eigenvalue weighted by molar-refractivity contribution is -0.122. The number of rotatable bonds is 4. The van der Waals surface area contributed by atoms with E-state index in [0.29, 0.717) is 43.2 Å². The van der Waals surface area contributed by atoms with Gasteiger partial charge in [-0.2, -0.15) is 0 Å². The third-order valence-electron chi connectivity index (χ3n) is 5.71. The van der Waals surface area contributed by atoms with Crippen LogP contribution in [0.1, 0.15) is 40.7 Å². The van der Waals surface area contributed by atoms with Gasteiger partial charge in [-0.05, 0) is 49.1 Å². The number of nitrogens with zero attached hydrogens (tertiary/aromatic N) is 2. The molecule has 1 aliphatic heterocycles. The van der Waals surface area contributed by atoms with Crippen molar-refractivity contribution in [3.8, 4) is 5.75 Å². The average Bonchev–Trinajstić information content (AvgIpc) is 2.86. The Kier molecular flexibility index (Phi) is 8.24. The topological polar surface area (TPSA) is 83.6 Å². The summed E-state index contributed by atoms with van der Waals surface area (Å²) in [5.41, 5.74) is 3.07. The fourth-order valence-corrected chi connectivity index (χ4v) is 4.02. The van der Waals surface area contributed by atoms with Gasteiger partial charge < -0.3 is 15.4 Å². The fourth-order valence-electron chi connectivity index (χ4n) is 4.02. The van der Waals surface area contributed by atoms with E-state index in [1.165, 1.54) is 0 Å². The van der Waals surface area contributed by atoms with Crippen molar-refractivity contribution in [2.45, 2.75) is 32.4 Å². The SMILES string of the molecule is O=C1CN(Cc2ccccc2)Cc2c(cccc2C(=O)Nc2ccncc2)OCCCCCN1. The number of nitrogens with one attached hydrogen (secondary N) is 2. The van der Waals surface area contributed by atoms with Crippen molar-refractivity contribution >= 4 is 17.5 Å². The minimum Gasteiger partial charge on any atom is -0.493 e. The van der Waals surface area contributed by atoms with Gasteiger partial charge in [0.05, 0.1) is 13.2 Å². The van der Waals surface area contributed by atoms with Crippen molar-refractivity contribution < 1.29 is 14.3 Å². The van der Waals surface area contributed by atoms with Crippen LogP contribution in [0.3, 0.4) is 0 Å². The highest BCUT2D eigenvalue weighted by molar-refractivity contribution is 6.05. The highest BCUT2D eigenvalue weighted by atomic mass is 16.5. The summed E-state index contributed by atoms with van der Waals surface area (Å²) in [6.07, 6.45) is 6.03. The lowest BCUT2D eigenvalue weighted by Gasteiger charge is -2.24. The number of benzene rings is 2. The summed E-state index contributed by atoms with van der Waals surface area (Å²) in [5, 5.41) is 5.97. The van der Waals surface area contributed by atoms with Crippen LogP contribution >= 0.6 is 0 Å². The Bertz CT molecular complexity index is 1090. The molecule has 0 atom stereocenters. The maximum atomic E-state index is 13.3. The zero-order chi connectivity index (χ0) is 23.6. The molecular formula is C27H30N4O3. The molecule has 0 unspecified atom stereocenters. The smallest absolute Gasteiger partial charge is 0.256 e. The quantitative estimate of drug-likeness (QED) is 0.617. The number of carbonyl (C=O) groups is 2. The number of hydrogen-bond acceptors (Lipinski definition) is 5.